The number of aliphatic imine (C=N–C) groups is 1. The van der Waals surface area contributed by atoms with Crippen LogP contribution in [0.4, 0.5) is 0 Å². The summed E-state index contributed by atoms with van der Waals surface area (Å²) >= 11 is 0. The number of H-pyrrole nitrogens is 1. The van der Waals surface area contributed by atoms with Crippen molar-refractivity contribution in [3.05, 3.63) is 120 Å². The average Bonchev–Trinajstić information content (AvgIpc) is 3.41. The van der Waals surface area contributed by atoms with Gasteiger partial charge in [-0.3, -0.25) is 9.69 Å². The van der Waals surface area contributed by atoms with Gasteiger partial charge in [-0.15, -0.1) is 0 Å². The van der Waals surface area contributed by atoms with E-state index in [9.17, 15) is 4.79 Å². The number of hydrogen-bond donors (Lipinski definition) is 2. The van der Waals surface area contributed by atoms with Gasteiger partial charge in [-0.2, -0.15) is 0 Å². The van der Waals surface area contributed by atoms with Crippen LogP contribution in [-0.4, -0.2) is 65.1 Å². The summed E-state index contributed by atoms with van der Waals surface area (Å²) in [7, 11) is 1.66. The van der Waals surface area contributed by atoms with Gasteiger partial charge in [-0.1, -0.05) is 49.0 Å². The Balaban J connectivity index is 1.43. The lowest BCUT2D eigenvalue weighted by Crippen LogP contribution is -2.47. The van der Waals surface area contributed by atoms with E-state index in [-0.39, 0.29) is 11.8 Å². The lowest BCUT2D eigenvalue weighted by Gasteiger charge is -2.39. The third-order valence-corrected chi connectivity index (χ3v) is 6.95. The zero-order valence-corrected chi connectivity index (χ0v) is 22.0. The molecule has 0 amide bonds. The van der Waals surface area contributed by atoms with Crippen LogP contribution in [0.1, 0.15) is 33.4 Å². The lowest BCUT2D eigenvalue weighted by molar-refractivity contribution is 0.103. The van der Waals surface area contributed by atoms with Gasteiger partial charge in [-0.05, 0) is 48.2 Å². The number of aromatic nitrogens is 2. The van der Waals surface area contributed by atoms with Gasteiger partial charge in [-0.25, -0.2) is 9.98 Å². The molecule has 0 saturated carbocycles. The van der Waals surface area contributed by atoms with Gasteiger partial charge in [0.2, 0.25) is 0 Å². The third kappa shape index (κ3) is 5.76. The predicted octanol–water partition coefficient (Wildman–Crippen LogP) is 4.52. The summed E-state index contributed by atoms with van der Waals surface area (Å²) in [4.78, 5) is 30.5. The number of nitrogens with two attached hydrogens (primary N) is 1. The summed E-state index contributed by atoms with van der Waals surface area (Å²) < 4.78 is 5.39. The number of imidazole rings is 1. The molecular weight excluding hydrogens is 488 g/mol. The van der Waals surface area contributed by atoms with Crippen molar-refractivity contribution in [3.8, 4) is 5.75 Å². The molecule has 0 aliphatic carbocycles. The average molecular weight is 521 g/mol. The van der Waals surface area contributed by atoms with Crippen molar-refractivity contribution in [2.45, 2.75) is 6.04 Å². The molecule has 1 fully saturated rings. The number of ketones is 1. The number of methoxy groups -OCH3 is 1. The fraction of sp³-hybridized carbons (Fsp3) is 0.194. The Kier molecular flexibility index (Phi) is 7.84. The van der Waals surface area contributed by atoms with E-state index in [0.29, 0.717) is 16.9 Å². The molecule has 1 aromatic heterocycles. The number of rotatable bonds is 9. The number of aromatic amines is 1. The maximum absolute atomic E-state index is 13.0. The molecule has 1 saturated heterocycles. The zero-order chi connectivity index (χ0) is 27.2. The topological polar surface area (TPSA) is 99.8 Å². The number of carbonyl (C=O) groups is 1. The Hall–Kier alpha value is -4.69. The Labute approximate surface area is 228 Å². The van der Waals surface area contributed by atoms with E-state index in [1.807, 2.05) is 60.7 Å². The van der Waals surface area contributed by atoms with Crippen LogP contribution >= 0.6 is 0 Å². The summed E-state index contributed by atoms with van der Waals surface area (Å²) in [6.07, 6.45) is 4.78. The summed E-state index contributed by atoms with van der Waals surface area (Å²) in [6, 6.07) is 23.0. The van der Waals surface area contributed by atoms with E-state index in [2.05, 4.69) is 38.5 Å². The highest BCUT2D eigenvalue weighted by Crippen LogP contribution is 2.31. The first-order valence-electron chi connectivity index (χ1n) is 12.9. The van der Waals surface area contributed by atoms with Crippen LogP contribution in [0.25, 0.3) is 11.0 Å². The number of nitrogens with zero attached hydrogens (tertiary/aromatic N) is 4. The molecule has 5 rings (SSSR count). The smallest absolute Gasteiger partial charge is 0.193 e. The molecule has 2 heterocycles. The third-order valence-electron chi connectivity index (χ3n) is 6.95. The fourth-order valence-corrected chi connectivity index (χ4v) is 4.88. The van der Waals surface area contributed by atoms with Gasteiger partial charge < -0.3 is 20.4 Å². The Bertz CT molecular complexity index is 1500. The van der Waals surface area contributed by atoms with Crippen molar-refractivity contribution in [1.29, 1.82) is 0 Å². The molecule has 0 radical (unpaired) electrons. The van der Waals surface area contributed by atoms with E-state index >= 15 is 0 Å². The molecule has 3 N–H and O–H groups in total. The monoisotopic (exact) mass is 520 g/mol. The van der Waals surface area contributed by atoms with Crippen molar-refractivity contribution in [3.63, 3.8) is 0 Å². The second-order valence-corrected chi connectivity index (χ2v) is 9.33. The summed E-state index contributed by atoms with van der Waals surface area (Å²) in [6.45, 7) is 7.27. The molecule has 1 atom stereocenters. The Morgan fingerprint density at radius 3 is 2.49 bits per heavy atom. The highest BCUT2D eigenvalue weighted by Gasteiger charge is 2.29. The molecule has 0 spiro atoms. The van der Waals surface area contributed by atoms with Crippen LogP contribution < -0.4 is 10.5 Å². The number of fused-ring (bicyclic) bond motifs is 1. The number of benzene rings is 3. The van der Waals surface area contributed by atoms with Gasteiger partial charge in [0.1, 0.15) is 17.4 Å². The maximum Gasteiger partial charge on any atom is 0.193 e. The van der Waals surface area contributed by atoms with Crippen LogP contribution in [0.2, 0.25) is 0 Å². The predicted molar refractivity (Wildman–Crippen MR) is 155 cm³/mol. The van der Waals surface area contributed by atoms with E-state index in [0.717, 1.165) is 54.3 Å². The second kappa shape index (κ2) is 11.8. The van der Waals surface area contributed by atoms with Crippen molar-refractivity contribution >= 4 is 23.0 Å². The van der Waals surface area contributed by atoms with E-state index < -0.39 is 0 Å². The van der Waals surface area contributed by atoms with Crippen LogP contribution in [-0.2, 0) is 0 Å². The number of piperazine rings is 1. The summed E-state index contributed by atoms with van der Waals surface area (Å²) in [5, 5.41) is 0. The van der Waals surface area contributed by atoms with Crippen molar-refractivity contribution in [1.82, 2.24) is 19.8 Å². The first kappa shape index (κ1) is 25.9. The minimum Gasteiger partial charge on any atom is -0.497 e. The molecule has 1 aliphatic heterocycles. The first-order valence-corrected chi connectivity index (χ1v) is 12.9. The molecule has 0 bridgehead atoms. The van der Waals surface area contributed by atoms with E-state index in [4.69, 9.17) is 15.5 Å². The van der Waals surface area contributed by atoms with E-state index in [1.165, 1.54) is 6.20 Å². The van der Waals surface area contributed by atoms with E-state index in [1.54, 1.807) is 19.4 Å². The van der Waals surface area contributed by atoms with Gasteiger partial charge >= 0.3 is 0 Å². The van der Waals surface area contributed by atoms with Crippen molar-refractivity contribution < 1.29 is 9.53 Å². The largest absolute Gasteiger partial charge is 0.497 e. The Morgan fingerprint density at radius 1 is 1.05 bits per heavy atom. The van der Waals surface area contributed by atoms with Crippen LogP contribution in [0, 0.1) is 0 Å². The molecule has 1 unspecified atom stereocenters. The van der Waals surface area contributed by atoms with Gasteiger partial charge in [0.25, 0.3) is 0 Å². The number of carbonyl (C=O) groups excluding carboxylic acids is 1. The molecular formula is C31H32N6O2. The highest BCUT2D eigenvalue weighted by molar-refractivity contribution is 6.10. The second-order valence-electron chi connectivity index (χ2n) is 9.33. The van der Waals surface area contributed by atoms with Crippen molar-refractivity contribution in [2.75, 3.05) is 33.3 Å². The number of ether oxygens (including phenoxy) is 1. The van der Waals surface area contributed by atoms with Crippen LogP contribution in [0.5, 0.6) is 5.75 Å². The van der Waals surface area contributed by atoms with Crippen molar-refractivity contribution in [2.24, 2.45) is 10.7 Å². The van der Waals surface area contributed by atoms with Crippen LogP contribution in [0.3, 0.4) is 0 Å². The standard InChI is InChI=1S/C31H32N6O2/c1-22(33-16-6-15-32)36-17-19-37(20-18-36)29(23-9-12-26(39-2)13-10-23)31-34-27-14-11-25(21-28(27)35-31)30(38)24-7-4-3-5-8-24/h3-16,21,29H,1,17-20,32H2,2H3,(H,34,35)/b15-6-,33-16?. The summed E-state index contributed by atoms with van der Waals surface area (Å²) in [5.74, 6) is 2.34. The fourth-order valence-electron chi connectivity index (χ4n) is 4.88. The molecule has 4 aromatic rings. The molecule has 39 heavy (non-hydrogen) atoms. The first-order chi connectivity index (χ1) is 19.1. The SMILES string of the molecule is C=C(N=C/C=C\N)N1CCN(C(c2ccc(OC)cc2)c2nc3ccc(C(=O)c4ccccc4)cc3[nH]2)CC1. The van der Waals surface area contributed by atoms with Gasteiger partial charge in [0.15, 0.2) is 5.78 Å². The molecule has 1 aliphatic rings. The maximum atomic E-state index is 13.0. The summed E-state index contributed by atoms with van der Waals surface area (Å²) in [5.41, 5.74) is 9.45. The number of nitrogens with one attached hydrogen (secondary N) is 1. The van der Waals surface area contributed by atoms with Gasteiger partial charge in [0.05, 0.1) is 24.2 Å². The van der Waals surface area contributed by atoms with Crippen LogP contribution in [0.15, 0.2) is 102 Å². The zero-order valence-electron chi connectivity index (χ0n) is 22.0. The number of allylic oxidation sites excluding steroid dienone is 1. The molecule has 198 valence electrons. The highest BCUT2D eigenvalue weighted by atomic mass is 16.5. The molecule has 8 heteroatoms. The van der Waals surface area contributed by atoms with Gasteiger partial charge in [0, 0.05) is 43.5 Å². The minimum atomic E-state index is -0.101. The normalized spacial score (nSPS) is 15.3. The Morgan fingerprint density at radius 2 is 1.79 bits per heavy atom. The molecule has 3 aromatic carbocycles. The minimum absolute atomic E-state index is 0.0127. The number of hydrogen-bond acceptors (Lipinski definition) is 7. The lowest BCUT2D eigenvalue weighted by atomic mass is 10.0. The quantitative estimate of drug-likeness (QED) is 0.249. The molecule has 8 nitrogen and oxygen atoms in total.